The third-order valence-corrected chi connectivity index (χ3v) is 7.27. The minimum absolute atomic E-state index is 0.0154. The maximum Gasteiger partial charge on any atom is 0.331 e. The summed E-state index contributed by atoms with van der Waals surface area (Å²) < 4.78 is 5.66. The first-order valence-corrected chi connectivity index (χ1v) is 11.7. The Bertz CT molecular complexity index is 879. The zero-order chi connectivity index (χ0) is 24.8. The lowest BCUT2D eigenvalue weighted by molar-refractivity contribution is -0.153. The Morgan fingerprint density at radius 2 is 1.97 bits per heavy atom. The van der Waals surface area contributed by atoms with Crippen LogP contribution in [0.25, 0.3) is 0 Å². The molecule has 6 nitrogen and oxygen atoms in total. The Kier molecular flexibility index (Phi) is 9.15. The molecule has 0 aromatic rings. The van der Waals surface area contributed by atoms with Crippen LogP contribution in [0, 0.1) is 29.1 Å². The first-order chi connectivity index (χ1) is 15.5. The van der Waals surface area contributed by atoms with Crippen LogP contribution in [0.2, 0.25) is 0 Å². The Morgan fingerprint density at radius 1 is 1.27 bits per heavy atom. The van der Waals surface area contributed by atoms with Gasteiger partial charge in [0.25, 0.3) is 0 Å². The SMILES string of the molecule is C=C(C=O)C1CC(=O)C=C2C(OC(=O)C=CC=CC(C)CC(C)CC)CCC(C(=O)O)C21C. The van der Waals surface area contributed by atoms with Gasteiger partial charge in [-0.2, -0.15) is 0 Å². The monoisotopic (exact) mass is 456 g/mol. The molecule has 33 heavy (non-hydrogen) atoms. The van der Waals surface area contributed by atoms with Crippen molar-refractivity contribution in [3.05, 3.63) is 48.1 Å². The van der Waals surface area contributed by atoms with Crippen LogP contribution in [-0.4, -0.2) is 35.2 Å². The highest BCUT2D eigenvalue weighted by molar-refractivity contribution is 5.94. The predicted molar refractivity (Wildman–Crippen MR) is 126 cm³/mol. The summed E-state index contributed by atoms with van der Waals surface area (Å²) in [4.78, 5) is 48.4. The summed E-state index contributed by atoms with van der Waals surface area (Å²) in [7, 11) is 0. The lowest BCUT2D eigenvalue weighted by Gasteiger charge is -2.50. The molecule has 1 N–H and O–H groups in total. The summed E-state index contributed by atoms with van der Waals surface area (Å²) in [5.41, 5.74) is -0.383. The van der Waals surface area contributed by atoms with Crippen LogP contribution in [0.1, 0.15) is 59.8 Å². The van der Waals surface area contributed by atoms with Gasteiger partial charge in [-0.1, -0.05) is 58.9 Å². The second kappa shape index (κ2) is 11.4. The fourth-order valence-corrected chi connectivity index (χ4v) is 5.21. The van der Waals surface area contributed by atoms with Gasteiger partial charge in [0.2, 0.25) is 0 Å². The normalized spacial score (nSPS) is 29.3. The molecule has 6 unspecified atom stereocenters. The van der Waals surface area contributed by atoms with Gasteiger partial charge in [0.1, 0.15) is 12.4 Å². The number of carboxylic acids is 1. The second-order valence-corrected chi connectivity index (χ2v) is 9.66. The molecule has 0 bridgehead atoms. The van der Waals surface area contributed by atoms with Crippen LogP contribution < -0.4 is 0 Å². The van der Waals surface area contributed by atoms with Crippen molar-refractivity contribution in [1.82, 2.24) is 0 Å². The molecule has 0 amide bonds. The van der Waals surface area contributed by atoms with E-state index < -0.39 is 35.3 Å². The molecule has 0 radical (unpaired) electrons. The average molecular weight is 457 g/mol. The zero-order valence-electron chi connectivity index (χ0n) is 20.1. The molecule has 0 aromatic carbocycles. The Hall–Kier alpha value is -2.76. The zero-order valence-corrected chi connectivity index (χ0v) is 20.1. The fourth-order valence-electron chi connectivity index (χ4n) is 5.21. The molecule has 1 fully saturated rings. The molecule has 6 heteroatoms. The molecular formula is C27H36O6. The summed E-state index contributed by atoms with van der Waals surface area (Å²) in [6.07, 6.45) is 10.9. The third-order valence-electron chi connectivity index (χ3n) is 7.27. The molecule has 1 saturated carbocycles. The number of carboxylic acid groups (broad SMARTS) is 1. The molecule has 0 heterocycles. The van der Waals surface area contributed by atoms with Crippen LogP contribution in [0.4, 0.5) is 0 Å². The van der Waals surface area contributed by atoms with E-state index in [4.69, 9.17) is 4.74 Å². The van der Waals surface area contributed by atoms with Gasteiger partial charge >= 0.3 is 11.9 Å². The van der Waals surface area contributed by atoms with Crippen molar-refractivity contribution >= 4 is 24.0 Å². The van der Waals surface area contributed by atoms with Crippen molar-refractivity contribution in [2.24, 2.45) is 29.1 Å². The standard InChI is InChI=1S/C27H36O6/c1-6-17(2)13-18(3)9-7-8-10-25(30)33-24-12-11-21(26(31)32)27(5)22(19(4)16-28)14-20(29)15-23(24)27/h7-10,15-18,21-22,24H,4,6,11-14H2,1-3,5H3,(H,31,32). The molecular weight excluding hydrogens is 420 g/mol. The van der Waals surface area contributed by atoms with Crippen LogP contribution in [0.15, 0.2) is 48.1 Å². The van der Waals surface area contributed by atoms with Gasteiger partial charge in [0.15, 0.2) is 5.78 Å². The molecule has 0 spiro atoms. The number of esters is 1. The number of rotatable bonds is 10. The van der Waals surface area contributed by atoms with Crippen LogP contribution in [0.3, 0.4) is 0 Å². The van der Waals surface area contributed by atoms with E-state index in [1.54, 1.807) is 13.0 Å². The number of fused-ring (bicyclic) bond motifs is 1. The van der Waals surface area contributed by atoms with Crippen LogP contribution in [0.5, 0.6) is 0 Å². The number of allylic oxidation sites excluding steroid dienone is 5. The highest BCUT2D eigenvalue weighted by Crippen LogP contribution is 2.55. The highest BCUT2D eigenvalue weighted by Gasteiger charge is 2.55. The van der Waals surface area contributed by atoms with E-state index in [0.717, 1.165) is 12.8 Å². The number of carbonyl (C=O) groups is 4. The largest absolute Gasteiger partial charge is 0.481 e. The summed E-state index contributed by atoms with van der Waals surface area (Å²) in [6, 6.07) is 0. The van der Waals surface area contributed by atoms with E-state index in [1.165, 1.54) is 12.2 Å². The predicted octanol–water partition coefficient (Wildman–Crippen LogP) is 4.85. The van der Waals surface area contributed by atoms with Crippen molar-refractivity contribution in [2.75, 3.05) is 0 Å². The highest BCUT2D eigenvalue weighted by atomic mass is 16.5. The molecule has 2 rings (SSSR count). The molecule has 0 aliphatic heterocycles. The number of ether oxygens (including phenoxy) is 1. The topological polar surface area (TPSA) is 97.7 Å². The van der Waals surface area contributed by atoms with Gasteiger partial charge in [-0.15, -0.1) is 0 Å². The summed E-state index contributed by atoms with van der Waals surface area (Å²) >= 11 is 0. The van der Waals surface area contributed by atoms with Crippen molar-refractivity contribution < 1.29 is 29.0 Å². The lowest BCUT2D eigenvalue weighted by atomic mass is 9.53. The summed E-state index contributed by atoms with van der Waals surface area (Å²) in [6.45, 7) is 12.0. The number of ketones is 1. The number of hydrogen-bond donors (Lipinski definition) is 1. The minimum Gasteiger partial charge on any atom is -0.481 e. The van der Waals surface area contributed by atoms with Crippen molar-refractivity contribution in [3.8, 4) is 0 Å². The second-order valence-electron chi connectivity index (χ2n) is 9.66. The van der Waals surface area contributed by atoms with E-state index in [2.05, 4.69) is 27.4 Å². The fraction of sp³-hybridized carbons (Fsp3) is 0.556. The minimum atomic E-state index is -1.03. The van der Waals surface area contributed by atoms with Gasteiger partial charge in [0.05, 0.1) is 5.92 Å². The smallest absolute Gasteiger partial charge is 0.331 e. The van der Waals surface area contributed by atoms with E-state index >= 15 is 0 Å². The van der Waals surface area contributed by atoms with Crippen LogP contribution >= 0.6 is 0 Å². The average Bonchev–Trinajstić information content (AvgIpc) is 2.76. The van der Waals surface area contributed by atoms with Crippen molar-refractivity contribution in [1.29, 1.82) is 0 Å². The van der Waals surface area contributed by atoms with Gasteiger partial charge < -0.3 is 9.84 Å². The third kappa shape index (κ3) is 6.18. The van der Waals surface area contributed by atoms with E-state index in [9.17, 15) is 24.3 Å². The summed E-state index contributed by atoms with van der Waals surface area (Å²) in [5, 5.41) is 9.85. The molecule has 180 valence electrons. The number of carbonyl (C=O) groups excluding carboxylic acids is 3. The quantitative estimate of drug-likeness (QED) is 0.218. The van der Waals surface area contributed by atoms with E-state index in [0.29, 0.717) is 30.1 Å². The van der Waals surface area contributed by atoms with Crippen LogP contribution in [-0.2, 0) is 23.9 Å². The van der Waals surface area contributed by atoms with E-state index in [1.807, 2.05) is 12.2 Å². The van der Waals surface area contributed by atoms with E-state index in [-0.39, 0.29) is 24.2 Å². The van der Waals surface area contributed by atoms with Gasteiger partial charge in [0, 0.05) is 23.8 Å². The Balaban J connectivity index is 2.19. The Morgan fingerprint density at radius 3 is 2.58 bits per heavy atom. The maximum absolute atomic E-state index is 12.5. The molecule has 2 aliphatic carbocycles. The maximum atomic E-state index is 12.5. The van der Waals surface area contributed by atoms with Crippen molar-refractivity contribution in [2.45, 2.75) is 65.9 Å². The molecule has 6 atom stereocenters. The van der Waals surface area contributed by atoms with Crippen molar-refractivity contribution in [3.63, 3.8) is 0 Å². The molecule has 0 saturated heterocycles. The number of aldehydes is 1. The van der Waals surface area contributed by atoms with Gasteiger partial charge in [-0.3, -0.25) is 14.4 Å². The van der Waals surface area contributed by atoms with Gasteiger partial charge in [-0.25, -0.2) is 4.79 Å². The number of aliphatic carboxylic acids is 1. The lowest BCUT2D eigenvalue weighted by Crippen LogP contribution is -2.51. The first kappa shape index (κ1) is 26.5. The Labute approximate surface area is 196 Å². The number of hydrogen-bond acceptors (Lipinski definition) is 5. The van der Waals surface area contributed by atoms with Gasteiger partial charge in [-0.05, 0) is 48.3 Å². The molecule has 2 aliphatic rings. The first-order valence-electron chi connectivity index (χ1n) is 11.7. The molecule has 0 aromatic heterocycles. The summed E-state index contributed by atoms with van der Waals surface area (Å²) in [5.74, 6) is -2.19.